The molecule has 4 atom stereocenters. The van der Waals surface area contributed by atoms with Crippen molar-refractivity contribution in [3.05, 3.63) is 11.6 Å². The van der Waals surface area contributed by atoms with E-state index in [1.807, 2.05) is 19.9 Å². The molecule has 1 N–H and O–H groups in total. The first-order chi connectivity index (χ1) is 9.89. The number of carbonyl (C=O) groups is 1. The van der Waals surface area contributed by atoms with Gasteiger partial charge in [-0.1, -0.05) is 13.0 Å². The number of ether oxygens (including phenoxy) is 4. The Morgan fingerprint density at radius 1 is 1.43 bits per heavy atom. The van der Waals surface area contributed by atoms with Gasteiger partial charge >= 0.3 is 5.97 Å². The Morgan fingerprint density at radius 3 is 2.62 bits per heavy atom. The fraction of sp³-hybridized carbons (Fsp3) is 0.800. The van der Waals surface area contributed by atoms with Gasteiger partial charge in [0.1, 0.15) is 18.3 Å². The minimum Gasteiger partial charge on any atom is -0.464 e. The van der Waals surface area contributed by atoms with Crippen LogP contribution < -0.4 is 0 Å². The molecule has 0 aromatic carbocycles. The van der Waals surface area contributed by atoms with Gasteiger partial charge in [0.2, 0.25) is 0 Å². The summed E-state index contributed by atoms with van der Waals surface area (Å²) in [6, 6.07) is 0. The summed E-state index contributed by atoms with van der Waals surface area (Å²) in [6.45, 7) is 4.08. The quantitative estimate of drug-likeness (QED) is 0.347. The lowest BCUT2D eigenvalue weighted by atomic mass is 9.63. The van der Waals surface area contributed by atoms with Crippen molar-refractivity contribution in [1.82, 2.24) is 0 Å². The Hall–Kier alpha value is -0.950. The molecule has 6 heteroatoms. The highest BCUT2D eigenvalue weighted by Gasteiger charge is 2.80. The summed E-state index contributed by atoms with van der Waals surface area (Å²) in [7, 11) is 3.15. The second-order valence-corrected chi connectivity index (χ2v) is 6.41. The molecule has 0 bridgehead atoms. The molecular weight excluding hydrogens is 276 g/mol. The van der Waals surface area contributed by atoms with E-state index in [0.29, 0.717) is 13.0 Å². The molecule has 2 unspecified atom stereocenters. The lowest BCUT2D eigenvalue weighted by Gasteiger charge is -2.34. The van der Waals surface area contributed by atoms with Crippen LogP contribution in [0, 0.1) is 10.8 Å². The molecule has 2 aliphatic heterocycles. The fourth-order valence-corrected chi connectivity index (χ4v) is 4.03. The van der Waals surface area contributed by atoms with Gasteiger partial charge in [0.25, 0.3) is 0 Å². The minimum absolute atomic E-state index is 0.0815. The van der Waals surface area contributed by atoms with Crippen molar-refractivity contribution in [1.29, 1.82) is 0 Å². The Balaban J connectivity index is 2.01. The van der Waals surface area contributed by atoms with Crippen LogP contribution in [0.4, 0.5) is 0 Å². The van der Waals surface area contributed by atoms with Crippen LogP contribution in [-0.2, 0) is 23.7 Å². The zero-order chi connectivity index (χ0) is 15.5. The van der Waals surface area contributed by atoms with E-state index in [-0.39, 0.29) is 18.7 Å². The Morgan fingerprint density at radius 2 is 2.10 bits per heavy atom. The van der Waals surface area contributed by atoms with Crippen molar-refractivity contribution in [3.63, 3.8) is 0 Å². The van der Waals surface area contributed by atoms with E-state index in [0.717, 1.165) is 5.57 Å². The smallest absolute Gasteiger partial charge is 0.316 e. The summed E-state index contributed by atoms with van der Waals surface area (Å²) in [5, 5.41) is 9.54. The van der Waals surface area contributed by atoms with E-state index < -0.39 is 22.7 Å². The SMILES string of the molecule is COC(CC1=C[C@@]2(C)C(=O)OC[C@@]2(C)C12OC2CO)OC. The fourth-order valence-electron chi connectivity index (χ4n) is 4.03. The van der Waals surface area contributed by atoms with Crippen LogP contribution in [0.3, 0.4) is 0 Å². The van der Waals surface area contributed by atoms with Crippen molar-refractivity contribution in [2.45, 2.75) is 38.3 Å². The normalized spacial score (nSPS) is 44.2. The van der Waals surface area contributed by atoms with Crippen LogP contribution in [-0.4, -0.2) is 56.5 Å². The Kier molecular flexibility index (Phi) is 3.22. The highest BCUT2D eigenvalue weighted by molar-refractivity contribution is 5.85. The number of aliphatic hydroxyl groups excluding tert-OH is 1. The van der Waals surface area contributed by atoms with Crippen LogP contribution in [0.25, 0.3) is 0 Å². The average Bonchev–Trinajstić information content (AvgIpc) is 3.14. The Bertz CT molecular complexity index is 498. The second-order valence-electron chi connectivity index (χ2n) is 6.41. The molecule has 2 heterocycles. The van der Waals surface area contributed by atoms with Gasteiger partial charge in [0.05, 0.1) is 17.4 Å². The van der Waals surface area contributed by atoms with Crippen molar-refractivity contribution in [3.8, 4) is 0 Å². The van der Waals surface area contributed by atoms with Gasteiger partial charge < -0.3 is 24.1 Å². The molecule has 0 aromatic heterocycles. The molecule has 0 aromatic rings. The lowest BCUT2D eigenvalue weighted by molar-refractivity contribution is -0.143. The molecule has 3 rings (SSSR count). The summed E-state index contributed by atoms with van der Waals surface area (Å²) < 4.78 is 21.7. The number of hydrogen-bond acceptors (Lipinski definition) is 6. The van der Waals surface area contributed by atoms with Crippen LogP contribution in [0.2, 0.25) is 0 Å². The van der Waals surface area contributed by atoms with Gasteiger partial charge in [-0.2, -0.15) is 0 Å². The largest absolute Gasteiger partial charge is 0.464 e. The van der Waals surface area contributed by atoms with E-state index in [1.165, 1.54) is 0 Å². The van der Waals surface area contributed by atoms with Gasteiger partial charge in [-0.3, -0.25) is 4.79 Å². The maximum atomic E-state index is 12.2. The maximum absolute atomic E-state index is 12.2. The predicted molar refractivity (Wildman–Crippen MR) is 72.4 cm³/mol. The van der Waals surface area contributed by atoms with Gasteiger partial charge in [-0.25, -0.2) is 0 Å². The summed E-state index contributed by atoms with van der Waals surface area (Å²) in [6.07, 6.45) is 1.73. The molecule has 0 amide bonds. The third kappa shape index (κ3) is 1.59. The van der Waals surface area contributed by atoms with Crippen LogP contribution in [0.1, 0.15) is 20.3 Å². The third-order valence-corrected chi connectivity index (χ3v) is 5.62. The number of esters is 1. The first-order valence-corrected chi connectivity index (χ1v) is 7.13. The maximum Gasteiger partial charge on any atom is 0.316 e. The predicted octanol–water partition coefficient (Wildman–Crippen LogP) is 0.635. The van der Waals surface area contributed by atoms with E-state index in [4.69, 9.17) is 18.9 Å². The molecular formula is C15H22O6. The standard InChI is InChI=1S/C15H22O6/c1-13-6-9(5-11(18-3)19-4)15(10(7-16)21-15)14(13,2)8-20-12(13)17/h6,10-11,16H,5,7-8H2,1-4H3/t10?,13-,14+,15?/m0/s1. The summed E-state index contributed by atoms with van der Waals surface area (Å²) in [5.41, 5.74) is -0.945. The van der Waals surface area contributed by atoms with E-state index in [2.05, 4.69) is 0 Å². The summed E-state index contributed by atoms with van der Waals surface area (Å²) in [5.74, 6) is -0.238. The Labute approximate surface area is 124 Å². The molecule has 118 valence electrons. The molecule has 1 spiro atoms. The van der Waals surface area contributed by atoms with Gasteiger partial charge in [-0.15, -0.1) is 0 Å². The third-order valence-electron chi connectivity index (χ3n) is 5.62. The number of methoxy groups -OCH3 is 2. The van der Waals surface area contributed by atoms with Crippen LogP contribution in [0.15, 0.2) is 11.6 Å². The summed E-state index contributed by atoms with van der Waals surface area (Å²) >= 11 is 0. The second kappa shape index (κ2) is 4.52. The number of rotatable bonds is 5. The first-order valence-electron chi connectivity index (χ1n) is 7.13. The molecule has 2 saturated heterocycles. The first kappa shape index (κ1) is 15.0. The number of hydrogen-bond donors (Lipinski definition) is 1. The lowest BCUT2D eigenvalue weighted by Crippen LogP contribution is -2.46. The zero-order valence-corrected chi connectivity index (χ0v) is 12.8. The molecule has 1 aliphatic carbocycles. The topological polar surface area (TPSA) is 77.5 Å². The number of aliphatic hydroxyl groups is 1. The monoisotopic (exact) mass is 298 g/mol. The van der Waals surface area contributed by atoms with Crippen molar-refractivity contribution in [2.75, 3.05) is 27.4 Å². The highest BCUT2D eigenvalue weighted by Crippen LogP contribution is 2.70. The summed E-state index contributed by atoms with van der Waals surface area (Å²) in [4.78, 5) is 12.2. The highest BCUT2D eigenvalue weighted by atomic mass is 16.7. The molecule has 2 fully saturated rings. The molecule has 0 radical (unpaired) electrons. The molecule has 3 aliphatic rings. The molecule has 6 nitrogen and oxygen atoms in total. The number of carbonyl (C=O) groups excluding carboxylic acids is 1. The number of fused-ring (bicyclic) bond motifs is 2. The van der Waals surface area contributed by atoms with Gasteiger partial charge in [0.15, 0.2) is 6.29 Å². The van der Waals surface area contributed by atoms with Crippen LogP contribution in [0.5, 0.6) is 0 Å². The van der Waals surface area contributed by atoms with Crippen molar-refractivity contribution < 1.29 is 28.8 Å². The van der Waals surface area contributed by atoms with Crippen molar-refractivity contribution in [2.24, 2.45) is 10.8 Å². The molecule has 21 heavy (non-hydrogen) atoms. The van der Waals surface area contributed by atoms with Gasteiger partial charge in [-0.05, 0) is 12.5 Å². The number of epoxide rings is 1. The average molecular weight is 298 g/mol. The van der Waals surface area contributed by atoms with E-state index >= 15 is 0 Å². The number of cyclic esters (lactones) is 1. The van der Waals surface area contributed by atoms with Crippen molar-refractivity contribution >= 4 is 5.97 Å². The zero-order valence-electron chi connectivity index (χ0n) is 12.8. The van der Waals surface area contributed by atoms with Gasteiger partial charge in [0, 0.05) is 20.6 Å². The van der Waals surface area contributed by atoms with E-state index in [9.17, 15) is 9.90 Å². The molecule has 0 saturated carbocycles. The van der Waals surface area contributed by atoms with Crippen LogP contribution >= 0.6 is 0 Å². The van der Waals surface area contributed by atoms with E-state index in [1.54, 1.807) is 14.2 Å². The minimum atomic E-state index is -0.738.